The van der Waals surface area contributed by atoms with Crippen molar-refractivity contribution in [2.75, 3.05) is 13.1 Å². The van der Waals surface area contributed by atoms with Gasteiger partial charge in [0.15, 0.2) is 5.82 Å². The van der Waals surface area contributed by atoms with Gasteiger partial charge < -0.3 is 9.64 Å². The maximum atomic E-state index is 14.9. The van der Waals surface area contributed by atoms with Gasteiger partial charge in [-0.1, -0.05) is 11.6 Å². The third kappa shape index (κ3) is 3.75. The van der Waals surface area contributed by atoms with Gasteiger partial charge in [-0.15, -0.1) is 0 Å². The Labute approximate surface area is 187 Å². The number of likely N-dealkylation sites (tertiary alicyclic amines) is 1. The van der Waals surface area contributed by atoms with Crippen LogP contribution in [-0.2, 0) is 4.74 Å². The van der Waals surface area contributed by atoms with Crippen molar-refractivity contribution < 1.29 is 13.9 Å². The molecular formula is C21H23BrClFN4O2. The number of benzene rings is 1. The number of carbonyl (C=O) groups is 1. The van der Waals surface area contributed by atoms with Gasteiger partial charge in [0, 0.05) is 18.5 Å². The summed E-state index contributed by atoms with van der Waals surface area (Å²) >= 11 is 9.65. The Balaban J connectivity index is 1.69. The molecule has 3 heterocycles. The number of halogens is 3. The second-order valence-corrected chi connectivity index (χ2v) is 9.82. The molecule has 0 unspecified atom stereocenters. The van der Waals surface area contributed by atoms with Gasteiger partial charge in [-0.3, -0.25) is 4.68 Å². The van der Waals surface area contributed by atoms with E-state index < -0.39 is 11.4 Å². The number of pyridine rings is 1. The largest absolute Gasteiger partial charge is 0.444 e. The zero-order valence-electron chi connectivity index (χ0n) is 17.3. The summed E-state index contributed by atoms with van der Waals surface area (Å²) in [4.78, 5) is 18.3. The van der Waals surface area contributed by atoms with Gasteiger partial charge in [0.1, 0.15) is 16.3 Å². The number of rotatable bonds is 1. The molecule has 160 valence electrons. The molecule has 1 fully saturated rings. The predicted octanol–water partition coefficient (Wildman–Crippen LogP) is 6.02. The fourth-order valence-corrected chi connectivity index (χ4v) is 4.39. The summed E-state index contributed by atoms with van der Waals surface area (Å²) in [5.74, 6) is -0.429. The van der Waals surface area contributed by atoms with Gasteiger partial charge in [-0.05, 0) is 68.1 Å². The second kappa shape index (κ2) is 7.64. The lowest BCUT2D eigenvalue weighted by Crippen LogP contribution is -2.42. The molecule has 1 aliphatic heterocycles. The van der Waals surface area contributed by atoms with Crippen LogP contribution in [0.4, 0.5) is 9.18 Å². The normalized spacial score (nSPS) is 15.9. The molecule has 9 heteroatoms. The standard InChI is InChI=1S/C21H23BrClFN4O2/c1-11-9-13-17(16(24)15(11)22)26-19(23)14-10-25-28(18(13)14)12-5-7-27(8-6-12)20(29)30-21(2,3)4/h9-10,12H,5-8H2,1-4H3. The maximum Gasteiger partial charge on any atom is 0.410 e. The highest BCUT2D eigenvalue weighted by Gasteiger charge is 2.29. The number of amides is 1. The molecule has 0 N–H and O–H groups in total. The number of piperidine rings is 1. The number of fused-ring (bicyclic) bond motifs is 3. The van der Waals surface area contributed by atoms with E-state index in [4.69, 9.17) is 16.3 Å². The SMILES string of the molecule is Cc1cc2c(nc(Cl)c3cnn(C4CCN(C(=O)OC(C)(C)C)CC4)c32)c(F)c1Br. The number of ether oxygens (including phenoxy) is 1. The lowest BCUT2D eigenvalue weighted by Gasteiger charge is -2.33. The summed E-state index contributed by atoms with van der Waals surface area (Å²) in [6.45, 7) is 8.54. The summed E-state index contributed by atoms with van der Waals surface area (Å²) in [5, 5.41) is 6.17. The second-order valence-electron chi connectivity index (χ2n) is 8.67. The molecule has 1 aliphatic rings. The van der Waals surface area contributed by atoms with Crippen molar-refractivity contribution in [2.45, 2.75) is 52.2 Å². The van der Waals surface area contributed by atoms with Crippen molar-refractivity contribution in [3.05, 3.63) is 33.3 Å². The van der Waals surface area contributed by atoms with Crippen molar-refractivity contribution in [3.8, 4) is 0 Å². The predicted molar refractivity (Wildman–Crippen MR) is 119 cm³/mol. The molecular weight excluding hydrogens is 475 g/mol. The topological polar surface area (TPSA) is 60.2 Å². The molecule has 0 bridgehead atoms. The molecule has 3 aromatic rings. The van der Waals surface area contributed by atoms with Crippen LogP contribution in [0.1, 0.15) is 45.2 Å². The van der Waals surface area contributed by atoms with Crippen LogP contribution in [0.5, 0.6) is 0 Å². The number of aromatic nitrogens is 3. The first-order chi connectivity index (χ1) is 14.1. The van der Waals surface area contributed by atoms with E-state index in [9.17, 15) is 9.18 Å². The van der Waals surface area contributed by atoms with Crippen LogP contribution < -0.4 is 0 Å². The third-order valence-electron chi connectivity index (χ3n) is 5.31. The van der Waals surface area contributed by atoms with E-state index in [0.29, 0.717) is 28.3 Å². The van der Waals surface area contributed by atoms with Gasteiger partial charge >= 0.3 is 6.09 Å². The fourth-order valence-electron chi connectivity index (χ4n) is 3.87. The smallest absolute Gasteiger partial charge is 0.410 e. The summed E-state index contributed by atoms with van der Waals surface area (Å²) in [7, 11) is 0. The fraction of sp³-hybridized carbons (Fsp3) is 0.476. The lowest BCUT2D eigenvalue weighted by atomic mass is 10.0. The molecule has 1 amide bonds. The average molecular weight is 498 g/mol. The minimum absolute atomic E-state index is 0.0647. The molecule has 0 radical (unpaired) electrons. The first-order valence-corrected chi connectivity index (χ1v) is 11.0. The number of nitrogens with zero attached hydrogens (tertiary/aromatic N) is 4. The summed E-state index contributed by atoms with van der Waals surface area (Å²) in [6, 6.07) is 1.97. The van der Waals surface area contributed by atoms with E-state index in [1.54, 1.807) is 11.1 Å². The molecule has 0 atom stereocenters. The minimum Gasteiger partial charge on any atom is -0.444 e. The highest BCUT2D eigenvalue weighted by atomic mass is 79.9. The van der Waals surface area contributed by atoms with E-state index in [-0.39, 0.29) is 22.8 Å². The minimum atomic E-state index is -0.523. The molecule has 30 heavy (non-hydrogen) atoms. The first kappa shape index (κ1) is 21.3. The van der Waals surface area contributed by atoms with Crippen LogP contribution in [0, 0.1) is 12.7 Å². The number of hydrogen-bond acceptors (Lipinski definition) is 4. The number of carbonyl (C=O) groups excluding carboxylic acids is 1. The summed E-state index contributed by atoms with van der Waals surface area (Å²) < 4.78 is 22.6. The van der Waals surface area contributed by atoms with Crippen LogP contribution in [0.15, 0.2) is 16.7 Å². The average Bonchev–Trinajstić information content (AvgIpc) is 3.12. The van der Waals surface area contributed by atoms with Gasteiger partial charge in [-0.2, -0.15) is 5.10 Å². The summed E-state index contributed by atoms with van der Waals surface area (Å²) in [6.07, 6.45) is 2.82. The van der Waals surface area contributed by atoms with Crippen LogP contribution in [0.3, 0.4) is 0 Å². The zero-order valence-corrected chi connectivity index (χ0v) is 19.6. The number of hydrogen-bond donors (Lipinski definition) is 0. The highest BCUT2D eigenvalue weighted by Crippen LogP contribution is 2.37. The molecule has 0 aliphatic carbocycles. The molecule has 0 saturated carbocycles. The molecule has 0 spiro atoms. The molecule has 6 nitrogen and oxygen atoms in total. The van der Waals surface area contributed by atoms with E-state index >= 15 is 0 Å². The van der Waals surface area contributed by atoms with Crippen LogP contribution in [0.25, 0.3) is 21.8 Å². The van der Waals surface area contributed by atoms with Crippen molar-refractivity contribution in [1.29, 1.82) is 0 Å². The van der Waals surface area contributed by atoms with Gasteiger partial charge in [0.2, 0.25) is 0 Å². The van der Waals surface area contributed by atoms with E-state index in [2.05, 4.69) is 26.0 Å². The van der Waals surface area contributed by atoms with E-state index in [1.807, 2.05) is 38.4 Å². The Bertz CT molecular complexity index is 1150. The van der Waals surface area contributed by atoms with Crippen molar-refractivity contribution in [2.24, 2.45) is 0 Å². The Kier molecular flexibility index (Phi) is 5.43. The van der Waals surface area contributed by atoms with Crippen molar-refractivity contribution >= 4 is 55.4 Å². The Morgan fingerprint density at radius 1 is 1.30 bits per heavy atom. The highest BCUT2D eigenvalue weighted by molar-refractivity contribution is 9.10. The Hall–Kier alpha value is -1.93. The number of aryl methyl sites for hydroxylation is 1. The van der Waals surface area contributed by atoms with Crippen LogP contribution in [-0.4, -0.2) is 44.4 Å². The Morgan fingerprint density at radius 2 is 1.97 bits per heavy atom. The lowest BCUT2D eigenvalue weighted by molar-refractivity contribution is 0.0186. The monoisotopic (exact) mass is 496 g/mol. The molecule has 4 rings (SSSR count). The first-order valence-electron chi connectivity index (χ1n) is 9.86. The zero-order chi connectivity index (χ0) is 21.8. The quantitative estimate of drug-likeness (QED) is 0.386. The molecule has 1 aromatic carbocycles. The van der Waals surface area contributed by atoms with Gasteiger partial charge in [0.25, 0.3) is 0 Å². The molecule has 2 aromatic heterocycles. The summed E-state index contributed by atoms with van der Waals surface area (Å²) in [5.41, 5.74) is 1.25. The van der Waals surface area contributed by atoms with Gasteiger partial charge in [-0.25, -0.2) is 14.2 Å². The van der Waals surface area contributed by atoms with Crippen molar-refractivity contribution in [1.82, 2.24) is 19.7 Å². The maximum absolute atomic E-state index is 14.9. The van der Waals surface area contributed by atoms with E-state index in [1.165, 1.54) is 0 Å². The van der Waals surface area contributed by atoms with Crippen LogP contribution >= 0.6 is 27.5 Å². The van der Waals surface area contributed by atoms with Crippen molar-refractivity contribution in [3.63, 3.8) is 0 Å². The molecule has 1 saturated heterocycles. The van der Waals surface area contributed by atoms with E-state index in [0.717, 1.165) is 23.9 Å². The third-order valence-corrected chi connectivity index (χ3v) is 6.57. The van der Waals surface area contributed by atoms with Crippen LogP contribution in [0.2, 0.25) is 5.15 Å². The van der Waals surface area contributed by atoms with Gasteiger partial charge in [0.05, 0.1) is 27.6 Å². The Morgan fingerprint density at radius 3 is 2.60 bits per heavy atom.